The topological polar surface area (TPSA) is 32.3 Å². The summed E-state index contributed by atoms with van der Waals surface area (Å²) in [5.74, 6) is 0. The van der Waals surface area contributed by atoms with Crippen LogP contribution in [-0.4, -0.2) is 18.2 Å². The minimum Gasteiger partial charge on any atom is -0.384 e. The quantitative estimate of drug-likeness (QED) is 0.854. The molecule has 3 heteroatoms. The number of fused-ring (bicyclic) bond motifs is 1. The maximum atomic E-state index is 10.5. The van der Waals surface area contributed by atoms with Crippen LogP contribution < -0.4 is 5.32 Å². The minimum absolute atomic E-state index is 0.584. The van der Waals surface area contributed by atoms with Gasteiger partial charge < -0.3 is 10.4 Å². The Kier molecular flexibility index (Phi) is 3.28. The lowest BCUT2D eigenvalue weighted by molar-refractivity contribution is 0.0593. The smallest absolute Gasteiger partial charge is 0.101 e. The first kappa shape index (κ1) is 11.6. The first-order valence-corrected chi connectivity index (χ1v) is 6.43. The van der Waals surface area contributed by atoms with Gasteiger partial charge in [0.15, 0.2) is 0 Å². The zero-order chi connectivity index (χ0) is 11.6. The lowest BCUT2D eigenvalue weighted by atomic mass is 9.95. The van der Waals surface area contributed by atoms with E-state index in [1.165, 1.54) is 10.1 Å². The minimum atomic E-state index is -0.805. The molecule has 1 aromatic carbocycles. The van der Waals surface area contributed by atoms with Gasteiger partial charge in [-0.05, 0) is 30.3 Å². The highest BCUT2D eigenvalue weighted by Gasteiger charge is 2.24. The maximum Gasteiger partial charge on any atom is 0.101 e. The van der Waals surface area contributed by atoms with Crippen LogP contribution in [-0.2, 0) is 5.60 Å². The summed E-state index contributed by atoms with van der Waals surface area (Å²) < 4.78 is 1.19. The van der Waals surface area contributed by atoms with Gasteiger partial charge in [-0.25, -0.2) is 0 Å². The first-order chi connectivity index (χ1) is 7.65. The number of aliphatic hydroxyl groups is 1. The summed E-state index contributed by atoms with van der Waals surface area (Å²) in [6.45, 7) is 5.36. The highest BCUT2D eigenvalue weighted by Crippen LogP contribution is 2.31. The van der Waals surface area contributed by atoms with Crippen molar-refractivity contribution in [2.75, 3.05) is 13.1 Å². The zero-order valence-electron chi connectivity index (χ0n) is 9.66. The Bertz CT molecular complexity index is 475. The molecule has 2 rings (SSSR count). The van der Waals surface area contributed by atoms with E-state index < -0.39 is 5.60 Å². The van der Waals surface area contributed by atoms with Crippen molar-refractivity contribution in [3.05, 3.63) is 35.2 Å². The van der Waals surface area contributed by atoms with Crippen LogP contribution in [0, 0.1) is 0 Å². The average Bonchev–Trinajstić information content (AvgIpc) is 2.73. The van der Waals surface area contributed by atoms with E-state index in [1.807, 2.05) is 26.0 Å². The van der Waals surface area contributed by atoms with E-state index in [2.05, 4.69) is 22.8 Å². The summed E-state index contributed by atoms with van der Waals surface area (Å²) in [6.07, 6.45) is 0. The van der Waals surface area contributed by atoms with Gasteiger partial charge in [0.25, 0.3) is 0 Å². The van der Waals surface area contributed by atoms with Crippen LogP contribution in [0.15, 0.2) is 29.6 Å². The molecule has 1 heterocycles. The van der Waals surface area contributed by atoms with Crippen LogP contribution in [0.25, 0.3) is 10.1 Å². The monoisotopic (exact) mass is 235 g/mol. The number of likely N-dealkylation sites (N-methyl/N-ethyl adjacent to an activating group) is 1. The number of rotatable bonds is 4. The molecular formula is C13H17NOS. The molecule has 0 aliphatic rings. The summed E-state index contributed by atoms with van der Waals surface area (Å²) in [5.41, 5.74) is 0.210. The van der Waals surface area contributed by atoms with Gasteiger partial charge in [-0.3, -0.25) is 0 Å². The summed E-state index contributed by atoms with van der Waals surface area (Å²) in [4.78, 5) is 0. The average molecular weight is 235 g/mol. The molecule has 0 aliphatic carbocycles. The highest BCUT2D eigenvalue weighted by molar-refractivity contribution is 7.17. The molecule has 2 nitrogen and oxygen atoms in total. The number of hydrogen-bond acceptors (Lipinski definition) is 3. The molecule has 0 spiro atoms. The molecule has 0 radical (unpaired) electrons. The number of benzene rings is 1. The fourth-order valence-corrected chi connectivity index (χ4v) is 2.92. The van der Waals surface area contributed by atoms with Gasteiger partial charge in [-0.2, -0.15) is 0 Å². The Hall–Kier alpha value is -0.900. The maximum absolute atomic E-state index is 10.5. The van der Waals surface area contributed by atoms with Gasteiger partial charge in [-0.15, -0.1) is 11.3 Å². The molecule has 2 N–H and O–H groups in total. The normalized spacial score (nSPS) is 15.2. The van der Waals surface area contributed by atoms with Crippen LogP contribution in [0.4, 0.5) is 0 Å². The fourth-order valence-electron chi connectivity index (χ4n) is 1.88. The van der Waals surface area contributed by atoms with Crippen molar-refractivity contribution in [3.8, 4) is 0 Å². The molecule has 1 atom stereocenters. The third-order valence-corrected chi connectivity index (χ3v) is 3.74. The van der Waals surface area contributed by atoms with E-state index in [0.29, 0.717) is 6.54 Å². The first-order valence-electron chi connectivity index (χ1n) is 5.55. The third-order valence-electron chi connectivity index (χ3n) is 2.78. The summed E-state index contributed by atoms with van der Waals surface area (Å²) in [5, 5.41) is 17.0. The molecular weight excluding hydrogens is 218 g/mol. The van der Waals surface area contributed by atoms with Crippen molar-refractivity contribution in [3.63, 3.8) is 0 Å². The number of thiophene rings is 1. The summed E-state index contributed by atoms with van der Waals surface area (Å²) in [7, 11) is 0. The fraction of sp³-hybridized carbons (Fsp3) is 0.385. The highest BCUT2D eigenvalue weighted by atomic mass is 32.1. The van der Waals surface area contributed by atoms with Gasteiger partial charge >= 0.3 is 0 Å². The largest absolute Gasteiger partial charge is 0.384 e. The molecule has 0 amide bonds. The summed E-state index contributed by atoms with van der Waals surface area (Å²) in [6, 6.07) is 8.19. The number of hydrogen-bond donors (Lipinski definition) is 2. The third kappa shape index (κ3) is 2.12. The van der Waals surface area contributed by atoms with Crippen LogP contribution >= 0.6 is 11.3 Å². The molecule has 0 bridgehead atoms. The standard InChI is InChI=1S/C13H17NOS/c1-3-14-9-13(2,15)11-6-4-5-10-7-8-16-12(10)11/h4-8,14-15H,3,9H2,1-2H3. The van der Waals surface area contributed by atoms with Crippen molar-refractivity contribution in [2.24, 2.45) is 0 Å². The SMILES string of the molecule is CCNCC(C)(O)c1cccc2ccsc12. The van der Waals surface area contributed by atoms with Gasteiger partial charge in [-0.1, -0.05) is 25.1 Å². The van der Waals surface area contributed by atoms with Crippen molar-refractivity contribution in [1.82, 2.24) is 5.32 Å². The Morgan fingerprint density at radius 1 is 1.38 bits per heavy atom. The van der Waals surface area contributed by atoms with Gasteiger partial charge in [0.05, 0.1) is 0 Å². The lowest BCUT2D eigenvalue weighted by Crippen LogP contribution is -2.35. The van der Waals surface area contributed by atoms with E-state index in [9.17, 15) is 5.11 Å². The van der Waals surface area contributed by atoms with Crippen LogP contribution in [0.3, 0.4) is 0 Å². The Labute approximate surface area is 99.9 Å². The Balaban J connectivity index is 2.41. The molecule has 86 valence electrons. The van der Waals surface area contributed by atoms with Crippen molar-refractivity contribution in [2.45, 2.75) is 19.4 Å². The van der Waals surface area contributed by atoms with Crippen LogP contribution in [0.2, 0.25) is 0 Å². The van der Waals surface area contributed by atoms with Gasteiger partial charge in [0, 0.05) is 16.8 Å². The second-order valence-electron chi connectivity index (χ2n) is 4.20. The molecule has 1 unspecified atom stereocenters. The van der Waals surface area contributed by atoms with Crippen molar-refractivity contribution in [1.29, 1.82) is 0 Å². The van der Waals surface area contributed by atoms with Gasteiger partial charge in [0.2, 0.25) is 0 Å². The van der Waals surface area contributed by atoms with Crippen LogP contribution in [0.1, 0.15) is 19.4 Å². The van der Waals surface area contributed by atoms with E-state index in [4.69, 9.17) is 0 Å². The van der Waals surface area contributed by atoms with Crippen LogP contribution in [0.5, 0.6) is 0 Å². The molecule has 0 aliphatic heterocycles. The molecule has 0 saturated heterocycles. The molecule has 16 heavy (non-hydrogen) atoms. The van der Waals surface area contributed by atoms with E-state index in [1.54, 1.807) is 11.3 Å². The zero-order valence-corrected chi connectivity index (χ0v) is 10.5. The number of nitrogens with one attached hydrogen (secondary N) is 1. The lowest BCUT2D eigenvalue weighted by Gasteiger charge is -2.24. The van der Waals surface area contributed by atoms with Gasteiger partial charge in [0.1, 0.15) is 5.60 Å². The second kappa shape index (κ2) is 4.53. The molecule has 0 fully saturated rings. The molecule has 2 aromatic rings. The van der Waals surface area contributed by atoms with Crippen molar-refractivity contribution < 1.29 is 5.11 Å². The molecule has 1 aromatic heterocycles. The Morgan fingerprint density at radius 3 is 2.94 bits per heavy atom. The predicted octanol–water partition coefficient (Wildman–Crippen LogP) is 2.72. The van der Waals surface area contributed by atoms with E-state index >= 15 is 0 Å². The van der Waals surface area contributed by atoms with Crippen molar-refractivity contribution >= 4 is 21.4 Å². The van der Waals surface area contributed by atoms with E-state index in [-0.39, 0.29) is 0 Å². The molecule has 0 saturated carbocycles. The second-order valence-corrected chi connectivity index (χ2v) is 5.11. The van der Waals surface area contributed by atoms with E-state index in [0.717, 1.165) is 12.1 Å². The Morgan fingerprint density at radius 2 is 2.19 bits per heavy atom. The summed E-state index contributed by atoms with van der Waals surface area (Å²) >= 11 is 1.69. The predicted molar refractivity (Wildman–Crippen MR) is 69.9 cm³/mol.